The van der Waals surface area contributed by atoms with Gasteiger partial charge in [-0.1, -0.05) is 12.1 Å². The van der Waals surface area contributed by atoms with Gasteiger partial charge >= 0.3 is 0 Å². The molecular formula is C16H16ClN3. The van der Waals surface area contributed by atoms with Crippen molar-refractivity contribution in [2.24, 2.45) is 0 Å². The summed E-state index contributed by atoms with van der Waals surface area (Å²) in [7, 11) is 0. The number of aryl methyl sites for hydroxylation is 1. The lowest BCUT2D eigenvalue weighted by atomic mass is 10.1. The third-order valence-corrected chi connectivity index (χ3v) is 3.75. The second-order valence-electron chi connectivity index (χ2n) is 4.78. The van der Waals surface area contributed by atoms with Crippen molar-refractivity contribution in [3.63, 3.8) is 0 Å². The fraction of sp³-hybridized carbons (Fsp3) is 0.250. The first-order valence-corrected chi connectivity index (χ1v) is 7.26. The summed E-state index contributed by atoms with van der Waals surface area (Å²) in [5, 5.41) is 0. The minimum Gasteiger partial charge on any atom is -0.321 e. The Balaban J connectivity index is 2.15. The Bertz CT molecular complexity index is 706. The van der Waals surface area contributed by atoms with E-state index < -0.39 is 0 Å². The maximum absolute atomic E-state index is 5.92. The van der Waals surface area contributed by atoms with E-state index >= 15 is 0 Å². The summed E-state index contributed by atoms with van der Waals surface area (Å²) >= 11 is 5.92. The number of hydrogen-bond donors (Lipinski definition) is 0. The molecule has 0 radical (unpaired) electrons. The van der Waals surface area contributed by atoms with E-state index in [-0.39, 0.29) is 6.04 Å². The van der Waals surface area contributed by atoms with Crippen LogP contribution in [0.5, 0.6) is 0 Å². The molecule has 1 atom stereocenters. The molecule has 1 aromatic carbocycles. The average Bonchev–Trinajstić information content (AvgIpc) is 2.86. The first-order valence-electron chi connectivity index (χ1n) is 6.73. The Morgan fingerprint density at radius 1 is 1.15 bits per heavy atom. The molecule has 0 spiro atoms. The van der Waals surface area contributed by atoms with E-state index in [1.165, 1.54) is 5.56 Å². The van der Waals surface area contributed by atoms with Crippen molar-refractivity contribution < 1.29 is 0 Å². The van der Waals surface area contributed by atoms with Crippen molar-refractivity contribution in [3.8, 4) is 0 Å². The third-order valence-electron chi connectivity index (χ3n) is 3.56. The number of fused-ring (bicyclic) bond motifs is 1. The quantitative estimate of drug-likeness (QED) is 0.682. The molecule has 20 heavy (non-hydrogen) atoms. The summed E-state index contributed by atoms with van der Waals surface area (Å²) in [5.41, 5.74) is 3.39. The van der Waals surface area contributed by atoms with Crippen LogP contribution in [0.3, 0.4) is 0 Å². The highest BCUT2D eigenvalue weighted by Gasteiger charge is 2.16. The monoisotopic (exact) mass is 285 g/mol. The van der Waals surface area contributed by atoms with Gasteiger partial charge in [-0.05, 0) is 36.8 Å². The van der Waals surface area contributed by atoms with E-state index in [1.807, 2.05) is 42.7 Å². The van der Waals surface area contributed by atoms with Crippen molar-refractivity contribution in [1.82, 2.24) is 14.5 Å². The molecule has 2 heterocycles. The maximum atomic E-state index is 5.92. The van der Waals surface area contributed by atoms with Crippen LogP contribution in [-0.2, 0) is 6.42 Å². The highest BCUT2D eigenvalue weighted by molar-refractivity contribution is 6.17. The van der Waals surface area contributed by atoms with E-state index in [2.05, 4.69) is 22.5 Å². The molecule has 0 N–H and O–H groups in total. The van der Waals surface area contributed by atoms with Crippen molar-refractivity contribution in [1.29, 1.82) is 0 Å². The van der Waals surface area contributed by atoms with Crippen molar-refractivity contribution >= 4 is 22.6 Å². The standard InChI is InChI=1S/C16H16ClN3/c1-12(13-7-10-18-11-8-13)20-15-5-3-2-4-14(15)19-16(20)6-9-17/h2-5,7-8,10-12H,6,9H2,1H3. The fourth-order valence-corrected chi connectivity index (χ4v) is 2.75. The number of alkyl halides is 1. The molecule has 3 nitrogen and oxygen atoms in total. The van der Waals surface area contributed by atoms with Crippen LogP contribution in [-0.4, -0.2) is 20.4 Å². The van der Waals surface area contributed by atoms with Crippen molar-refractivity contribution in [2.45, 2.75) is 19.4 Å². The SMILES string of the molecule is CC(c1ccncc1)n1c(CCCl)nc2ccccc21. The van der Waals surface area contributed by atoms with E-state index in [1.54, 1.807) is 0 Å². The Morgan fingerprint density at radius 2 is 1.90 bits per heavy atom. The number of pyridine rings is 1. The average molecular weight is 286 g/mol. The summed E-state index contributed by atoms with van der Waals surface area (Å²) < 4.78 is 2.27. The molecule has 0 saturated carbocycles. The molecular weight excluding hydrogens is 270 g/mol. The van der Waals surface area contributed by atoms with E-state index in [0.29, 0.717) is 5.88 Å². The number of para-hydroxylation sites is 2. The predicted octanol–water partition coefficient (Wildman–Crippen LogP) is 3.82. The van der Waals surface area contributed by atoms with Gasteiger partial charge in [-0.15, -0.1) is 11.6 Å². The second-order valence-corrected chi connectivity index (χ2v) is 5.16. The molecule has 2 aromatic heterocycles. The fourth-order valence-electron chi connectivity index (χ4n) is 2.58. The van der Waals surface area contributed by atoms with Gasteiger partial charge in [0.05, 0.1) is 17.1 Å². The zero-order valence-corrected chi connectivity index (χ0v) is 12.1. The van der Waals surface area contributed by atoms with Crippen LogP contribution in [0.25, 0.3) is 11.0 Å². The number of benzene rings is 1. The predicted molar refractivity (Wildman–Crippen MR) is 82.2 cm³/mol. The van der Waals surface area contributed by atoms with Crippen LogP contribution in [0, 0.1) is 0 Å². The Hall–Kier alpha value is -1.87. The first kappa shape index (κ1) is 13.1. The van der Waals surface area contributed by atoms with Crippen LogP contribution in [0.1, 0.15) is 24.4 Å². The van der Waals surface area contributed by atoms with Crippen molar-refractivity contribution in [2.75, 3.05) is 5.88 Å². The number of nitrogens with zero attached hydrogens (tertiary/aromatic N) is 3. The summed E-state index contributed by atoms with van der Waals surface area (Å²) in [6, 6.07) is 12.5. The Labute approximate surface area is 123 Å². The van der Waals surface area contributed by atoms with E-state index in [4.69, 9.17) is 16.6 Å². The molecule has 0 amide bonds. The number of halogens is 1. The van der Waals surface area contributed by atoms with Gasteiger partial charge < -0.3 is 4.57 Å². The molecule has 0 aliphatic heterocycles. The van der Waals surface area contributed by atoms with Gasteiger partial charge in [-0.25, -0.2) is 4.98 Å². The smallest absolute Gasteiger partial charge is 0.111 e. The van der Waals surface area contributed by atoms with Gasteiger partial charge in [0.25, 0.3) is 0 Å². The largest absolute Gasteiger partial charge is 0.321 e. The van der Waals surface area contributed by atoms with Gasteiger partial charge in [-0.3, -0.25) is 4.98 Å². The zero-order valence-electron chi connectivity index (χ0n) is 11.3. The Morgan fingerprint density at radius 3 is 2.65 bits per heavy atom. The minimum absolute atomic E-state index is 0.212. The number of imidazole rings is 1. The minimum atomic E-state index is 0.212. The highest BCUT2D eigenvalue weighted by atomic mass is 35.5. The summed E-state index contributed by atoms with van der Waals surface area (Å²) in [4.78, 5) is 8.80. The Kier molecular flexibility index (Phi) is 3.70. The molecule has 3 aromatic rings. The topological polar surface area (TPSA) is 30.7 Å². The lowest BCUT2D eigenvalue weighted by molar-refractivity contribution is 0.623. The molecule has 0 bridgehead atoms. The molecule has 0 aliphatic rings. The lowest BCUT2D eigenvalue weighted by Crippen LogP contribution is -2.11. The summed E-state index contributed by atoms with van der Waals surface area (Å²) in [5.74, 6) is 1.61. The molecule has 1 unspecified atom stereocenters. The number of rotatable bonds is 4. The van der Waals surface area contributed by atoms with Crippen LogP contribution in [0.4, 0.5) is 0 Å². The molecule has 0 aliphatic carbocycles. The van der Waals surface area contributed by atoms with Gasteiger partial charge in [0.1, 0.15) is 5.82 Å². The molecule has 0 saturated heterocycles. The number of aromatic nitrogens is 3. The van der Waals surface area contributed by atoms with Crippen LogP contribution in [0.15, 0.2) is 48.8 Å². The zero-order chi connectivity index (χ0) is 13.9. The van der Waals surface area contributed by atoms with E-state index in [9.17, 15) is 0 Å². The molecule has 0 fully saturated rings. The third kappa shape index (κ3) is 2.29. The first-order chi connectivity index (χ1) is 9.81. The van der Waals surface area contributed by atoms with Gasteiger partial charge in [0.2, 0.25) is 0 Å². The highest BCUT2D eigenvalue weighted by Crippen LogP contribution is 2.26. The molecule has 4 heteroatoms. The van der Waals surface area contributed by atoms with Gasteiger partial charge in [-0.2, -0.15) is 0 Å². The summed E-state index contributed by atoms with van der Waals surface area (Å²) in [6.45, 7) is 2.18. The summed E-state index contributed by atoms with van der Waals surface area (Å²) in [6.07, 6.45) is 4.42. The van der Waals surface area contributed by atoms with Gasteiger partial charge in [0, 0.05) is 24.7 Å². The molecule has 102 valence electrons. The number of hydrogen-bond acceptors (Lipinski definition) is 2. The van der Waals surface area contributed by atoms with Crippen LogP contribution < -0.4 is 0 Å². The lowest BCUT2D eigenvalue weighted by Gasteiger charge is -2.17. The van der Waals surface area contributed by atoms with Crippen LogP contribution in [0.2, 0.25) is 0 Å². The second kappa shape index (κ2) is 5.63. The van der Waals surface area contributed by atoms with Crippen molar-refractivity contribution in [3.05, 3.63) is 60.2 Å². The normalized spacial score (nSPS) is 12.7. The van der Waals surface area contributed by atoms with E-state index in [0.717, 1.165) is 23.3 Å². The van der Waals surface area contributed by atoms with Crippen LogP contribution >= 0.6 is 11.6 Å². The maximum Gasteiger partial charge on any atom is 0.111 e. The van der Waals surface area contributed by atoms with Gasteiger partial charge in [0.15, 0.2) is 0 Å². The molecule has 3 rings (SSSR count).